The summed E-state index contributed by atoms with van der Waals surface area (Å²) in [4.78, 5) is 0. The van der Waals surface area contributed by atoms with Crippen molar-refractivity contribution in [3.05, 3.63) is 65.5 Å². The third kappa shape index (κ3) is 2.80. The van der Waals surface area contributed by atoms with E-state index in [0.29, 0.717) is 11.3 Å². The first-order chi connectivity index (χ1) is 9.46. The molecule has 0 radical (unpaired) electrons. The Morgan fingerprint density at radius 3 is 2.35 bits per heavy atom. The summed E-state index contributed by atoms with van der Waals surface area (Å²) in [5.74, 6) is 0.297. The summed E-state index contributed by atoms with van der Waals surface area (Å²) >= 11 is 6.64. The molecule has 2 rings (SSSR count). The molecular weight excluding hydrogens is 275 g/mol. The van der Waals surface area contributed by atoms with Gasteiger partial charge in [-0.1, -0.05) is 44.2 Å². The first-order valence-corrected chi connectivity index (χ1v) is 6.93. The van der Waals surface area contributed by atoms with Crippen LogP contribution in [0.3, 0.4) is 0 Å². The molecule has 1 atom stereocenters. The van der Waals surface area contributed by atoms with Crippen LogP contribution in [0.25, 0.3) is 0 Å². The quantitative estimate of drug-likeness (QED) is 0.713. The molecule has 0 heterocycles. The summed E-state index contributed by atoms with van der Waals surface area (Å²) in [6.45, 7) is 4.09. The predicted molar refractivity (Wildman–Crippen MR) is 81.0 cm³/mol. The number of hydrogen-bond acceptors (Lipinski definition) is 1. The number of halogens is 2. The van der Waals surface area contributed by atoms with Crippen molar-refractivity contribution in [2.45, 2.75) is 24.6 Å². The second-order valence-corrected chi connectivity index (χ2v) is 5.77. The summed E-state index contributed by atoms with van der Waals surface area (Å²) in [5, 5.41) is -0.393. The molecule has 1 unspecified atom stereocenters. The van der Waals surface area contributed by atoms with Crippen LogP contribution in [-0.2, 0) is 5.41 Å². The number of rotatable bonds is 4. The standard InChI is InChI=1S/C17H18ClFO/c1-17(2,12-7-5-4-6-8-12)16(18)14-11-13(19)9-10-15(14)20-3/h4-11,16H,1-3H3. The number of benzene rings is 2. The zero-order chi connectivity index (χ0) is 14.8. The largest absolute Gasteiger partial charge is 0.496 e. The van der Waals surface area contributed by atoms with E-state index in [1.165, 1.54) is 12.1 Å². The highest BCUT2D eigenvalue weighted by Crippen LogP contribution is 2.44. The summed E-state index contributed by atoms with van der Waals surface area (Å²) in [7, 11) is 1.57. The Labute approximate surface area is 124 Å². The summed E-state index contributed by atoms with van der Waals surface area (Å²) < 4.78 is 18.8. The third-order valence-electron chi connectivity index (χ3n) is 3.62. The molecule has 0 N–H and O–H groups in total. The van der Waals surface area contributed by atoms with Crippen molar-refractivity contribution in [1.82, 2.24) is 0 Å². The molecule has 0 spiro atoms. The molecule has 2 aromatic rings. The van der Waals surface area contributed by atoms with Crippen LogP contribution in [0.2, 0.25) is 0 Å². The minimum absolute atomic E-state index is 0.310. The fourth-order valence-electron chi connectivity index (χ4n) is 2.31. The van der Waals surface area contributed by atoms with E-state index in [9.17, 15) is 4.39 Å². The average molecular weight is 293 g/mol. The molecule has 0 saturated heterocycles. The monoisotopic (exact) mass is 292 g/mol. The number of ether oxygens (including phenoxy) is 1. The first-order valence-electron chi connectivity index (χ1n) is 6.50. The second-order valence-electron chi connectivity index (χ2n) is 5.34. The van der Waals surface area contributed by atoms with E-state index in [-0.39, 0.29) is 11.2 Å². The van der Waals surface area contributed by atoms with Crippen LogP contribution in [0, 0.1) is 5.82 Å². The Morgan fingerprint density at radius 1 is 1.10 bits per heavy atom. The molecule has 0 amide bonds. The van der Waals surface area contributed by atoms with Gasteiger partial charge in [0, 0.05) is 11.0 Å². The number of methoxy groups -OCH3 is 1. The van der Waals surface area contributed by atoms with Gasteiger partial charge in [0.1, 0.15) is 11.6 Å². The fourth-order valence-corrected chi connectivity index (χ4v) is 2.60. The van der Waals surface area contributed by atoms with Crippen molar-refractivity contribution in [2.75, 3.05) is 7.11 Å². The lowest BCUT2D eigenvalue weighted by molar-refractivity contribution is 0.398. The first kappa shape index (κ1) is 14.9. The lowest BCUT2D eigenvalue weighted by Crippen LogP contribution is -2.23. The van der Waals surface area contributed by atoms with Crippen LogP contribution in [0.4, 0.5) is 4.39 Å². The Morgan fingerprint density at radius 2 is 1.75 bits per heavy atom. The van der Waals surface area contributed by atoms with Crippen molar-refractivity contribution in [2.24, 2.45) is 0 Å². The van der Waals surface area contributed by atoms with Gasteiger partial charge >= 0.3 is 0 Å². The SMILES string of the molecule is COc1ccc(F)cc1C(Cl)C(C)(C)c1ccccc1. The Hall–Kier alpha value is -1.54. The van der Waals surface area contributed by atoms with E-state index in [2.05, 4.69) is 0 Å². The van der Waals surface area contributed by atoms with Crippen molar-refractivity contribution >= 4 is 11.6 Å². The van der Waals surface area contributed by atoms with Crippen LogP contribution < -0.4 is 4.74 Å². The second kappa shape index (κ2) is 5.84. The van der Waals surface area contributed by atoms with Crippen molar-refractivity contribution < 1.29 is 9.13 Å². The molecule has 3 heteroatoms. The van der Waals surface area contributed by atoms with Gasteiger partial charge in [-0.2, -0.15) is 0 Å². The van der Waals surface area contributed by atoms with Crippen molar-refractivity contribution in [1.29, 1.82) is 0 Å². The molecule has 0 aromatic heterocycles. The Kier molecular flexibility index (Phi) is 4.34. The van der Waals surface area contributed by atoms with E-state index < -0.39 is 5.38 Å². The summed E-state index contributed by atoms with van der Waals surface area (Å²) in [6, 6.07) is 14.4. The lowest BCUT2D eigenvalue weighted by Gasteiger charge is -2.31. The van der Waals surface area contributed by atoms with E-state index >= 15 is 0 Å². The van der Waals surface area contributed by atoms with E-state index in [0.717, 1.165) is 5.56 Å². The molecule has 0 aliphatic carbocycles. The van der Waals surface area contributed by atoms with Crippen LogP contribution in [0.5, 0.6) is 5.75 Å². The fraction of sp³-hybridized carbons (Fsp3) is 0.294. The maximum Gasteiger partial charge on any atom is 0.123 e. The molecular formula is C17H18ClFO. The smallest absolute Gasteiger partial charge is 0.123 e. The summed E-state index contributed by atoms with van der Waals surface area (Å²) in [6.07, 6.45) is 0. The molecule has 106 valence electrons. The zero-order valence-corrected chi connectivity index (χ0v) is 12.6. The van der Waals surface area contributed by atoms with Gasteiger partial charge in [-0.05, 0) is 23.8 Å². The van der Waals surface area contributed by atoms with Crippen LogP contribution in [0.15, 0.2) is 48.5 Å². The molecule has 1 nitrogen and oxygen atoms in total. The van der Waals surface area contributed by atoms with Crippen molar-refractivity contribution in [3.63, 3.8) is 0 Å². The van der Waals surface area contributed by atoms with Crippen LogP contribution >= 0.6 is 11.6 Å². The molecule has 20 heavy (non-hydrogen) atoms. The van der Waals surface area contributed by atoms with Crippen molar-refractivity contribution in [3.8, 4) is 5.75 Å². The molecule has 0 fully saturated rings. The van der Waals surface area contributed by atoms with Gasteiger partial charge in [0.15, 0.2) is 0 Å². The predicted octanol–water partition coefficient (Wildman–Crippen LogP) is 5.09. The molecule has 0 bridgehead atoms. The average Bonchev–Trinajstić information content (AvgIpc) is 2.47. The minimum Gasteiger partial charge on any atom is -0.496 e. The molecule has 0 saturated carbocycles. The van der Waals surface area contributed by atoms with Crippen LogP contribution in [0.1, 0.15) is 30.4 Å². The van der Waals surface area contributed by atoms with Gasteiger partial charge in [-0.3, -0.25) is 0 Å². The Bertz CT molecular complexity index is 581. The topological polar surface area (TPSA) is 9.23 Å². The zero-order valence-electron chi connectivity index (χ0n) is 11.9. The van der Waals surface area contributed by atoms with E-state index in [1.54, 1.807) is 13.2 Å². The lowest BCUT2D eigenvalue weighted by atomic mass is 9.78. The van der Waals surface area contributed by atoms with E-state index in [4.69, 9.17) is 16.3 Å². The maximum atomic E-state index is 13.5. The van der Waals surface area contributed by atoms with Gasteiger partial charge in [0.25, 0.3) is 0 Å². The normalized spacial score (nSPS) is 13.1. The minimum atomic E-state index is -0.393. The third-order valence-corrected chi connectivity index (χ3v) is 4.40. The van der Waals surface area contributed by atoms with Crippen LogP contribution in [-0.4, -0.2) is 7.11 Å². The molecule has 2 aromatic carbocycles. The molecule has 0 aliphatic rings. The van der Waals surface area contributed by atoms with Gasteiger partial charge in [0.2, 0.25) is 0 Å². The highest BCUT2D eigenvalue weighted by atomic mass is 35.5. The van der Waals surface area contributed by atoms with Gasteiger partial charge in [-0.15, -0.1) is 11.6 Å². The highest BCUT2D eigenvalue weighted by molar-refractivity contribution is 6.22. The highest BCUT2D eigenvalue weighted by Gasteiger charge is 2.33. The van der Waals surface area contributed by atoms with Gasteiger partial charge in [-0.25, -0.2) is 4.39 Å². The van der Waals surface area contributed by atoms with E-state index in [1.807, 2.05) is 44.2 Å². The maximum absolute atomic E-state index is 13.5. The number of alkyl halides is 1. The Balaban J connectivity index is 2.45. The summed E-state index contributed by atoms with van der Waals surface area (Å²) in [5.41, 5.74) is 1.43. The van der Waals surface area contributed by atoms with Gasteiger partial charge < -0.3 is 4.74 Å². The van der Waals surface area contributed by atoms with Gasteiger partial charge in [0.05, 0.1) is 12.5 Å². The molecule has 0 aliphatic heterocycles. The number of hydrogen-bond donors (Lipinski definition) is 0.